The fourth-order valence-electron chi connectivity index (χ4n) is 4.42. The average molecular weight is 520 g/mol. The number of anilines is 1. The van der Waals surface area contributed by atoms with E-state index in [1.165, 1.54) is 4.90 Å². The minimum Gasteiger partial charge on any atom is -0.352 e. The Morgan fingerprint density at radius 2 is 1.74 bits per heavy atom. The molecule has 1 N–H and O–H groups in total. The number of rotatable bonds is 10. The number of hydrogen-bond acceptors (Lipinski definition) is 4. The minimum absolute atomic E-state index is 0.123. The van der Waals surface area contributed by atoms with Crippen LogP contribution in [0.3, 0.4) is 0 Å². The highest BCUT2D eigenvalue weighted by molar-refractivity contribution is 7.92. The van der Waals surface area contributed by atoms with Gasteiger partial charge in [-0.05, 0) is 56.4 Å². The van der Waals surface area contributed by atoms with Crippen LogP contribution < -0.4 is 9.62 Å². The Bertz CT molecular complexity index is 1130. The molecule has 2 aromatic rings. The van der Waals surface area contributed by atoms with Gasteiger partial charge in [0.05, 0.1) is 11.9 Å². The van der Waals surface area contributed by atoms with Crippen LogP contribution in [0.25, 0.3) is 0 Å². The molecule has 2 amide bonds. The number of sulfonamides is 1. The Morgan fingerprint density at radius 1 is 1.09 bits per heavy atom. The summed E-state index contributed by atoms with van der Waals surface area (Å²) >= 11 is 6.23. The topological polar surface area (TPSA) is 86.8 Å². The Balaban J connectivity index is 1.85. The van der Waals surface area contributed by atoms with Crippen molar-refractivity contribution in [3.8, 4) is 0 Å². The van der Waals surface area contributed by atoms with Crippen LogP contribution in [-0.2, 0) is 26.0 Å². The first-order chi connectivity index (χ1) is 16.6. The molecule has 1 aliphatic carbocycles. The summed E-state index contributed by atoms with van der Waals surface area (Å²) in [5, 5.41) is 3.47. The molecule has 2 aromatic carbocycles. The predicted molar refractivity (Wildman–Crippen MR) is 140 cm³/mol. The Hall–Kier alpha value is -2.58. The van der Waals surface area contributed by atoms with Crippen molar-refractivity contribution in [3.05, 3.63) is 64.7 Å². The lowest BCUT2D eigenvalue weighted by molar-refractivity contribution is -0.139. The number of nitrogens with one attached hydrogen (secondary N) is 1. The van der Waals surface area contributed by atoms with Crippen LogP contribution in [0.15, 0.2) is 48.5 Å². The van der Waals surface area contributed by atoms with Gasteiger partial charge in [-0.15, -0.1) is 0 Å². The monoisotopic (exact) mass is 519 g/mol. The van der Waals surface area contributed by atoms with E-state index in [-0.39, 0.29) is 18.5 Å². The van der Waals surface area contributed by atoms with E-state index in [9.17, 15) is 18.0 Å². The summed E-state index contributed by atoms with van der Waals surface area (Å²) in [4.78, 5) is 28.1. The molecular weight excluding hydrogens is 486 g/mol. The maximum absolute atomic E-state index is 13.6. The van der Waals surface area contributed by atoms with Gasteiger partial charge in [-0.3, -0.25) is 13.9 Å². The molecule has 1 aliphatic rings. The molecule has 0 saturated heterocycles. The molecule has 1 fully saturated rings. The zero-order chi connectivity index (χ0) is 25.6. The van der Waals surface area contributed by atoms with Gasteiger partial charge >= 0.3 is 0 Å². The summed E-state index contributed by atoms with van der Waals surface area (Å²) in [5.41, 5.74) is 1.94. The van der Waals surface area contributed by atoms with E-state index in [4.69, 9.17) is 11.6 Å². The maximum atomic E-state index is 13.6. The molecule has 35 heavy (non-hydrogen) atoms. The fourth-order valence-corrected chi connectivity index (χ4v) is 5.49. The summed E-state index contributed by atoms with van der Waals surface area (Å²) in [7, 11) is -3.79. The molecule has 0 aliphatic heterocycles. The van der Waals surface area contributed by atoms with Gasteiger partial charge in [0.2, 0.25) is 21.8 Å². The zero-order valence-electron chi connectivity index (χ0n) is 20.5. The van der Waals surface area contributed by atoms with Crippen molar-refractivity contribution in [1.82, 2.24) is 10.2 Å². The van der Waals surface area contributed by atoms with E-state index < -0.39 is 28.5 Å². The Labute approximate surface area is 213 Å². The van der Waals surface area contributed by atoms with Crippen molar-refractivity contribution in [2.75, 3.05) is 23.7 Å². The highest BCUT2D eigenvalue weighted by Crippen LogP contribution is 2.28. The highest BCUT2D eigenvalue weighted by Gasteiger charge is 2.31. The first-order valence-electron chi connectivity index (χ1n) is 11.9. The largest absolute Gasteiger partial charge is 0.352 e. The van der Waals surface area contributed by atoms with Gasteiger partial charge in [-0.2, -0.15) is 0 Å². The molecule has 0 heterocycles. The first kappa shape index (κ1) is 27.0. The average Bonchev–Trinajstić information content (AvgIpc) is 3.32. The molecule has 0 unspecified atom stereocenters. The molecule has 7 nitrogen and oxygen atoms in total. The summed E-state index contributed by atoms with van der Waals surface area (Å²) in [6.07, 6.45) is 5.64. The molecule has 190 valence electrons. The van der Waals surface area contributed by atoms with Crippen LogP contribution in [-0.4, -0.2) is 56.6 Å². The number of carbonyl (C=O) groups is 2. The van der Waals surface area contributed by atoms with E-state index >= 15 is 0 Å². The standard InChI is InChI=1S/C26H34ClN3O4S/c1-19-23(27)14-9-15-24(19)30(35(3,33)34)18-25(31)29(17-16-21-10-5-4-6-11-21)20(2)26(32)28-22-12-7-8-13-22/h4-6,9-11,14-15,20,22H,7-8,12-13,16-18H2,1-3H3,(H,28,32)/t20-/m1/s1. The van der Waals surface area contributed by atoms with Gasteiger partial charge < -0.3 is 10.2 Å². The van der Waals surface area contributed by atoms with Crippen LogP contribution in [0.4, 0.5) is 5.69 Å². The van der Waals surface area contributed by atoms with Crippen molar-refractivity contribution in [2.45, 2.75) is 58.0 Å². The van der Waals surface area contributed by atoms with Gasteiger partial charge in [-0.25, -0.2) is 8.42 Å². The van der Waals surface area contributed by atoms with Crippen LogP contribution in [0.2, 0.25) is 5.02 Å². The summed E-state index contributed by atoms with van der Waals surface area (Å²) in [6.45, 7) is 3.28. The van der Waals surface area contributed by atoms with E-state index in [0.29, 0.717) is 22.7 Å². The van der Waals surface area contributed by atoms with E-state index in [1.54, 1.807) is 32.0 Å². The number of nitrogens with zero attached hydrogens (tertiary/aromatic N) is 2. The quantitative estimate of drug-likeness (QED) is 0.515. The Kier molecular flexibility index (Phi) is 9.19. The van der Waals surface area contributed by atoms with Gasteiger partial charge in [0, 0.05) is 17.6 Å². The summed E-state index contributed by atoms with van der Waals surface area (Å²) in [6, 6.07) is 14.0. The molecule has 0 aromatic heterocycles. The fraction of sp³-hybridized carbons (Fsp3) is 0.462. The second kappa shape index (κ2) is 11.9. The third-order valence-electron chi connectivity index (χ3n) is 6.54. The number of carbonyl (C=O) groups excluding carboxylic acids is 2. The van der Waals surface area contributed by atoms with Gasteiger partial charge in [0.15, 0.2) is 0 Å². The number of hydrogen-bond donors (Lipinski definition) is 1. The van der Waals surface area contributed by atoms with Crippen molar-refractivity contribution in [2.24, 2.45) is 0 Å². The predicted octanol–water partition coefficient (Wildman–Crippen LogP) is 3.93. The second-order valence-corrected chi connectivity index (χ2v) is 11.5. The van der Waals surface area contributed by atoms with E-state index in [2.05, 4.69) is 5.32 Å². The van der Waals surface area contributed by atoms with Crippen molar-refractivity contribution < 1.29 is 18.0 Å². The first-order valence-corrected chi connectivity index (χ1v) is 14.2. The van der Waals surface area contributed by atoms with Crippen LogP contribution in [0.5, 0.6) is 0 Å². The lowest BCUT2D eigenvalue weighted by atomic mass is 10.1. The van der Waals surface area contributed by atoms with Crippen molar-refractivity contribution in [1.29, 1.82) is 0 Å². The van der Waals surface area contributed by atoms with Gasteiger partial charge in [0.1, 0.15) is 12.6 Å². The normalized spacial score (nSPS) is 15.0. The number of amides is 2. The SMILES string of the molecule is Cc1c(Cl)cccc1N(CC(=O)N(CCc1ccccc1)[C@H](C)C(=O)NC1CCCC1)S(C)(=O)=O. The third-order valence-corrected chi connectivity index (χ3v) is 8.08. The van der Waals surface area contributed by atoms with Gasteiger partial charge in [0.25, 0.3) is 0 Å². The molecule has 0 spiro atoms. The molecular formula is C26H34ClN3O4S. The lowest BCUT2D eigenvalue weighted by Crippen LogP contribution is -2.53. The molecule has 0 radical (unpaired) electrons. The van der Waals surface area contributed by atoms with E-state index in [0.717, 1.165) is 41.8 Å². The molecule has 1 atom stereocenters. The zero-order valence-corrected chi connectivity index (χ0v) is 22.1. The van der Waals surface area contributed by atoms with Crippen molar-refractivity contribution >= 4 is 39.1 Å². The van der Waals surface area contributed by atoms with Crippen LogP contribution in [0, 0.1) is 6.92 Å². The Morgan fingerprint density at radius 3 is 2.37 bits per heavy atom. The smallest absolute Gasteiger partial charge is 0.244 e. The minimum atomic E-state index is -3.79. The lowest BCUT2D eigenvalue weighted by Gasteiger charge is -2.32. The summed E-state index contributed by atoms with van der Waals surface area (Å²) in [5.74, 6) is -0.664. The molecule has 1 saturated carbocycles. The molecule has 0 bridgehead atoms. The van der Waals surface area contributed by atoms with Crippen LogP contribution in [0.1, 0.15) is 43.7 Å². The highest BCUT2D eigenvalue weighted by atomic mass is 35.5. The summed E-state index contributed by atoms with van der Waals surface area (Å²) < 4.78 is 26.5. The maximum Gasteiger partial charge on any atom is 0.244 e. The molecule has 3 rings (SSSR count). The van der Waals surface area contributed by atoms with Crippen molar-refractivity contribution in [3.63, 3.8) is 0 Å². The van der Waals surface area contributed by atoms with Gasteiger partial charge in [-0.1, -0.05) is 60.8 Å². The molecule has 9 heteroatoms. The second-order valence-electron chi connectivity index (χ2n) is 9.14. The number of halogens is 1. The third kappa shape index (κ3) is 7.21. The number of benzene rings is 2. The van der Waals surface area contributed by atoms with Crippen LogP contribution >= 0.6 is 11.6 Å². The van der Waals surface area contributed by atoms with E-state index in [1.807, 2.05) is 30.3 Å².